The number of hydrogen-bond donors (Lipinski definition) is 1. The summed E-state index contributed by atoms with van der Waals surface area (Å²) in [6.07, 6.45) is 0.855. The molecule has 0 radical (unpaired) electrons. The van der Waals surface area contributed by atoms with Gasteiger partial charge in [-0.3, -0.25) is 0 Å². The number of nitrogens with two attached hydrogens (primary N) is 1. The van der Waals surface area contributed by atoms with Crippen LogP contribution < -0.4 is 5.73 Å². The van der Waals surface area contributed by atoms with Crippen molar-refractivity contribution in [2.45, 2.75) is 45.5 Å². The molecule has 0 amide bonds. The van der Waals surface area contributed by atoms with Crippen LogP contribution in [0.25, 0.3) is 0 Å². The van der Waals surface area contributed by atoms with Crippen LogP contribution in [0.5, 0.6) is 0 Å². The van der Waals surface area contributed by atoms with E-state index in [0.717, 1.165) is 17.5 Å². The fourth-order valence-electron chi connectivity index (χ4n) is 2.30. The minimum atomic E-state index is -3.31. The Morgan fingerprint density at radius 3 is 2.20 bits per heavy atom. The molecule has 0 heterocycles. The molecule has 0 saturated heterocycles. The fraction of sp³-hybridized carbons (Fsp3) is 0.600. The van der Waals surface area contributed by atoms with Gasteiger partial charge in [-0.25, -0.2) is 12.7 Å². The Morgan fingerprint density at radius 2 is 1.70 bits per heavy atom. The molecule has 0 aromatic heterocycles. The molecule has 0 aliphatic carbocycles. The summed E-state index contributed by atoms with van der Waals surface area (Å²) in [5.41, 5.74) is 7.34. The van der Waals surface area contributed by atoms with Gasteiger partial charge < -0.3 is 5.73 Å². The quantitative estimate of drug-likeness (QED) is 0.840. The van der Waals surface area contributed by atoms with Crippen molar-refractivity contribution in [1.82, 2.24) is 4.31 Å². The van der Waals surface area contributed by atoms with Crippen LogP contribution in [0.15, 0.2) is 24.3 Å². The van der Waals surface area contributed by atoms with Gasteiger partial charge in [0.15, 0.2) is 0 Å². The van der Waals surface area contributed by atoms with E-state index in [1.807, 2.05) is 31.2 Å². The van der Waals surface area contributed by atoms with E-state index >= 15 is 0 Å². The summed E-state index contributed by atoms with van der Waals surface area (Å²) in [4.78, 5) is 0. The summed E-state index contributed by atoms with van der Waals surface area (Å²) in [7, 11) is -1.65. The molecule has 1 atom stereocenters. The van der Waals surface area contributed by atoms with Crippen LogP contribution in [-0.2, 0) is 22.3 Å². The first-order chi connectivity index (χ1) is 9.27. The second kappa shape index (κ2) is 7.20. The van der Waals surface area contributed by atoms with Crippen molar-refractivity contribution in [2.24, 2.45) is 11.7 Å². The highest BCUT2D eigenvalue weighted by atomic mass is 32.2. The topological polar surface area (TPSA) is 63.4 Å². The Labute approximate surface area is 123 Å². The number of hydrogen-bond acceptors (Lipinski definition) is 3. The lowest BCUT2D eigenvalue weighted by Crippen LogP contribution is -2.36. The van der Waals surface area contributed by atoms with Crippen molar-refractivity contribution in [3.8, 4) is 0 Å². The number of sulfonamides is 1. The van der Waals surface area contributed by atoms with Crippen LogP contribution in [-0.4, -0.2) is 25.8 Å². The van der Waals surface area contributed by atoms with Crippen LogP contribution in [0.1, 0.15) is 38.3 Å². The van der Waals surface area contributed by atoms with Crippen LogP contribution >= 0.6 is 0 Å². The van der Waals surface area contributed by atoms with E-state index < -0.39 is 10.0 Å². The Balaban J connectivity index is 2.89. The van der Waals surface area contributed by atoms with E-state index in [2.05, 4.69) is 13.8 Å². The SMILES string of the molecule is CC(C)CC(C)N(C)S(=O)(=O)Cc1ccccc1CN. The highest BCUT2D eigenvalue weighted by molar-refractivity contribution is 7.88. The average Bonchev–Trinajstić information content (AvgIpc) is 2.37. The molecular formula is C15H26N2O2S. The second-order valence-corrected chi connectivity index (χ2v) is 7.75. The molecule has 1 aromatic carbocycles. The molecule has 0 spiro atoms. The third-order valence-electron chi connectivity index (χ3n) is 3.55. The van der Waals surface area contributed by atoms with Crippen molar-refractivity contribution < 1.29 is 8.42 Å². The third-order valence-corrected chi connectivity index (χ3v) is 5.46. The van der Waals surface area contributed by atoms with Crippen molar-refractivity contribution >= 4 is 10.0 Å². The zero-order valence-corrected chi connectivity index (χ0v) is 13.7. The first kappa shape index (κ1) is 17.1. The van der Waals surface area contributed by atoms with Crippen LogP contribution in [0.2, 0.25) is 0 Å². The monoisotopic (exact) mass is 298 g/mol. The largest absolute Gasteiger partial charge is 0.326 e. The van der Waals surface area contributed by atoms with E-state index in [4.69, 9.17) is 5.73 Å². The van der Waals surface area contributed by atoms with E-state index in [1.165, 1.54) is 4.31 Å². The summed E-state index contributed by atoms with van der Waals surface area (Å²) in [5.74, 6) is 0.484. The van der Waals surface area contributed by atoms with Crippen molar-refractivity contribution in [2.75, 3.05) is 7.05 Å². The Kier molecular flexibility index (Phi) is 6.17. The molecule has 5 heteroatoms. The molecule has 20 heavy (non-hydrogen) atoms. The molecule has 2 N–H and O–H groups in total. The van der Waals surface area contributed by atoms with Gasteiger partial charge in [0.05, 0.1) is 5.75 Å². The van der Waals surface area contributed by atoms with Gasteiger partial charge in [0.1, 0.15) is 0 Å². The maximum absolute atomic E-state index is 12.5. The Bertz CT molecular complexity index is 526. The molecule has 0 aliphatic heterocycles. The summed E-state index contributed by atoms with van der Waals surface area (Å²) >= 11 is 0. The highest BCUT2D eigenvalue weighted by Crippen LogP contribution is 2.18. The first-order valence-corrected chi connectivity index (χ1v) is 8.61. The van der Waals surface area contributed by atoms with Gasteiger partial charge in [-0.1, -0.05) is 38.1 Å². The number of benzene rings is 1. The number of nitrogens with zero attached hydrogens (tertiary/aromatic N) is 1. The molecule has 0 aliphatic rings. The maximum Gasteiger partial charge on any atom is 0.218 e. The lowest BCUT2D eigenvalue weighted by molar-refractivity contribution is 0.337. The standard InChI is InChI=1S/C15H26N2O2S/c1-12(2)9-13(3)17(4)20(18,19)11-15-8-6-5-7-14(15)10-16/h5-8,12-13H,9-11,16H2,1-4H3. The molecular weight excluding hydrogens is 272 g/mol. The van der Waals surface area contributed by atoms with E-state index in [9.17, 15) is 8.42 Å². The lowest BCUT2D eigenvalue weighted by atomic mass is 10.1. The third kappa shape index (κ3) is 4.58. The Morgan fingerprint density at radius 1 is 1.15 bits per heavy atom. The first-order valence-electron chi connectivity index (χ1n) is 7.00. The van der Waals surface area contributed by atoms with Gasteiger partial charge in [0.25, 0.3) is 0 Å². The van der Waals surface area contributed by atoms with Crippen molar-refractivity contribution in [1.29, 1.82) is 0 Å². The predicted octanol–water partition coefficient (Wildman–Crippen LogP) is 2.34. The molecule has 1 rings (SSSR count). The average molecular weight is 298 g/mol. The molecule has 114 valence electrons. The van der Waals surface area contributed by atoms with Crippen LogP contribution in [0, 0.1) is 5.92 Å². The molecule has 0 fully saturated rings. The minimum Gasteiger partial charge on any atom is -0.326 e. The molecule has 0 bridgehead atoms. The zero-order valence-electron chi connectivity index (χ0n) is 12.8. The second-order valence-electron chi connectivity index (χ2n) is 5.72. The predicted molar refractivity (Wildman–Crippen MR) is 83.6 cm³/mol. The van der Waals surface area contributed by atoms with Gasteiger partial charge >= 0.3 is 0 Å². The Hall–Kier alpha value is -0.910. The molecule has 1 aromatic rings. The van der Waals surface area contributed by atoms with E-state index in [0.29, 0.717) is 12.5 Å². The maximum atomic E-state index is 12.5. The smallest absolute Gasteiger partial charge is 0.218 e. The van der Waals surface area contributed by atoms with Crippen molar-refractivity contribution in [3.63, 3.8) is 0 Å². The molecule has 1 unspecified atom stereocenters. The summed E-state index contributed by atoms with van der Waals surface area (Å²) in [6.45, 7) is 6.50. The summed E-state index contributed by atoms with van der Waals surface area (Å²) < 4.78 is 26.4. The minimum absolute atomic E-state index is 0.00467. The summed E-state index contributed by atoms with van der Waals surface area (Å²) in [5, 5.41) is 0. The zero-order chi connectivity index (χ0) is 15.3. The van der Waals surface area contributed by atoms with Gasteiger partial charge in [-0.15, -0.1) is 0 Å². The van der Waals surface area contributed by atoms with E-state index in [1.54, 1.807) is 7.05 Å². The lowest BCUT2D eigenvalue weighted by Gasteiger charge is -2.26. The van der Waals surface area contributed by atoms with Crippen molar-refractivity contribution in [3.05, 3.63) is 35.4 Å². The molecule has 0 saturated carbocycles. The highest BCUT2D eigenvalue weighted by Gasteiger charge is 2.24. The van der Waals surface area contributed by atoms with Gasteiger partial charge in [-0.2, -0.15) is 0 Å². The molecule has 4 nitrogen and oxygen atoms in total. The number of rotatable bonds is 7. The van der Waals surface area contributed by atoms with Crippen LogP contribution in [0.3, 0.4) is 0 Å². The van der Waals surface area contributed by atoms with Gasteiger partial charge in [0, 0.05) is 19.6 Å². The van der Waals surface area contributed by atoms with Gasteiger partial charge in [0.2, 0.25) is 10.0 Å². The fourth-order valence-corrected chi connectivity index (χ4v) is 3.81. The van der Waals surface area contributed by atoms with Gasteiger partial charge in [-0.05, 0) is 30.4 Å². The summed E-state index contributed by atoms with van der Waals surface area (Å²) in [6, 6.07) is 7.44. The van der Waals surface area contributed by atoms with E-state index in [-0.39, 0.29) is 11.8 Å². The van der Waals surface area contributed by atoms with Crippen LogP contribution in [0.4, 0.5) is 0 Å². The normalized spacial score (nSPS) is 13.9.